The number of aliphatic hydroxyl groups excluding tert-OH is 1. The maximum Gasteiger partial charge on any atom is 0.227 e. The summed E-state index contributed by atoms with van der Waals surface area (Å²) < 4.78 is 5.25. The molecule has 0 aliphatic rings. The summed E-state index contributed by atoms with van der Waals surface area (Å²) in [7, 11) is 0. The van der Waals surface area contributed by atoms with Gasteiger partial charge in [-0.3, -0.25) is 0 Å². The number of nitrogens with zero attached hydrogens (tertiary/aromatic N) is 2. The predicted octanol–water partition coefficient (Wildman–Crippen LogP) is 2.82. The summed E-state index contributed by atoms with van der Waals surface area (Å²) in [5.41, 5.74) is 1.74. The first-order valence-electron chi connectivity index (χ1n) is 6.01. The Balaban J connectivity index is 2.29. The summed E-state index contributed by atoms with van der Waals surface area (Å²) in [6, 6.07) is 7.52. The Morgan fingerprint density at radius 1 is 1.22 bits per heavy atom. The second-order valence-corrected chi connectivity index (χ2v) is 5.56. The summed E-state index contributed by atoms with van der Waals surface area (Å²) >= 11 is 0. The van der Waals surface area contributed by atoms with E-state index in [4.69, 9.17) is 4.52 Å². The van der Waals surface area contributed by atoms with Crippen LogP contribution < -0.4 is 0 Å². The summed E-state index contributed by atoms with van der Waals surface area (Å²) in [5.74, 6) is 1.17. The van der Waals surface area contributed by atoms with E-state index >= 15 is 0 Å². The molecule has 1 aromatic heterocycles. The monoisotopic (exact) mass is 246 g/mol. The molecule has 0 spiro atoms. The van der Waals surface area contributed by atoms with Gasteiger partial charge >= 0.3 is 0 Å². The molecule has 0 fully saturated rings. The molecule has 18 heavy (non-hydrogen) atoms. The minimum absolute atomic E-state index is 0.0285. The van der Waals surface area contributed by atoms with Crippen LogP contribution in [-0.4, -0.2) is 15.2 Å². The van der Waals surface area contributed by atoms with Gasteiger partial charge in [0, 0.05) is 12.0 Å². The number of hydrogen-bond acceptors (Lipinski definition) is 4. The highest BCUT2D eigenvalue weighted by Gasteiger charge is 2.18. The van der Waals surface area contributed by atoms with Crippen LogP contribution in [0.2, 0.25) is 0 Å². The summed E-state index contributed by atoms with van der Waals surface area (Å²) in [5, 5.41) is 13.3. The van der Waals surface area contributed by atoms with E-state index in [0.717, 1.165) is 17.5 Å². The van der Waals surface area contributed by atoms with Gasteiger partial charge in [-0.25, -0.2) is 0 Å². The van der Waals surface area contributed by atoms with E-state index in [9.17, 15) is 5.11 Å². The van der Waals surface area contributed by atoms with Crippen LogP contribution in [0.15, 0.2) is 28.8 Å². The van der Waals surface area contributed by atoms with E-state index < -0.39 is 0 Å². The molecule has 0 aliphatic carbocycles. The molecule has 1 heterocycles. The molecule has 0 unspecified atom stereocenters. The molecule has 96 valence electrons. The number of benzene rings is 1. The van der Waals surface area contributed by atoms with Crippen molar-refractivity contribution in [3.63, 3.8) is 0 Å². The highest BCUT2D eigenvalue weighted by molar-refractivity contribution is 5.59. The van der Waals surface area contributed by atoms with E-state index in [-0.39, 0.29) is 12.0 Å². The van der Waals surface area contributed by atoms with Gasteiger partial charge in [-0.1, -0.05) is 50.2 Å². The van der Waals surface area contributed by atoms with Gasteiger partial charge in [-0.2, -0.15) is 4.98 Å². The molecule has 4 nitrogen and oxygen atoms in total. The first kappa shape index (κ1) is 12.8. The minimum Gasteiger partial charge on any atom is -0.392 e. The van der Waals surface area contributed by atoms with Gasteiger partial charge in [0.1, 0.15) is 0 Å². The van der Waals surface area contributed by atoms with Crippen LogP contribution in [0.25, 0.3) is 11.4 Å². The van der Waals surface area contributed by atoms with Crippen molar-refractivity contribution in [1.82, 2.24) is 10.1 Å². The van der Waals surface area contributed by atoms with Gasteiger partial charge in [0.25, 0.3) is 0 Å². The number of rotatable bonds is 3. The summed E-state index contributed by atoms with van der Waals surface area (Å²) in [6.45, 7) is 6.34. The van der Waals surface area contributed by atoms with Crippen LogP contribution in [0.1, 0.15) is 32.2 Å². The standard InChI is InChI=1S/C14H18N2O2/c1-14(2,3)8-12-15-13(16-18-12)11-7-5-4-6-10(11)9-17/h4-7,17H,8-9H2,1-3H3. The van der Waals surface area contributed by atoms with Gasteiger partial charge in [0.05, 0.1) is 6.61 Å². The Bertz CT molecular complexity index is 527. The van der Waals surface area contributed by atoms with Crippen molar-refractivity contribution >= 4 is 0 Å². The predicted molar refractivity (Wildman–Crippen MR) is 68.8 cm³/mol. The number of aliphatic hydroxyl groups is 1. The Kier molecular flexibility index (Phi) is 3.48. The molecule has 0 saturated carbocycles. The van der Waals surface area contributed by atoms with Crippen molar-refractivity contribution in [3.05, 3.63) is 35.7 Å². The van der Waals surface area contributed by atoms with Gasteiger partial charge in [-0.05, 0) is 11.0 Å². The van der Waals surface area contributed by atoms with Crippen molar-refractivity contribution in [1.29, 1.82) is 0 Å². The van der Waals surface area contributed by atoms with Crippen molar-refractivity contribution in [3.8, 4) is 11.4 Å². The Morgan fingerprint density at radius 2 is 1.94 bits per heavy atom. The van der Waals surface area contributed by atoms with Gasteiger partial charge in [-0.15, -0.1) is 0 Å². The molecule has 1 N–H and O–H groups in total. The molecule has 2 aromatic rings. The number of hydrogen-bond donors (Lipinski definition) is 1. The van der Waals surface area contributed by atoms with E-state index in [1.54, 1.807) is 0 Å². The fraction of sp³-hybridized carbons (Fsp3) is 0.429. The van der Waals surface area contributed by atoms with E-state index in [1.165, 1.54) is 0 Å². The zero-order valence-corrected chi connectivity index (χ0v) is 11.0. The second-order valence-electron chi connectivity index (χ2n) is 5.56. The van der Waals surface area contributed by atoms with Crippen molar-refractivity contribution < 1.29 is 9.63 Å². The lowest BCUT2D eigenvalue weighted by molar-refractivity contribution is 0.282. The van der Waals surface area contributed by atoms with Crippen molar-refractivity contribution in [2.24, 2.45) is 5.41 Å². The fourth-order valence-electron chi connectivity index (χ4n) is 1.77. The molecule has 0 aliphatic heterocycles. The third kappa shape index (κ3) is 2.96. The average Bonchev–Trinajstić information content (AvgIpc) is 2.75. The lowest BCUT2D eigenvalue weighted by Gasteiger charge is -2.13. The molecule has 0 amide bonds. The minimum atomic E-state index is -0.0285. The summed E-state index contributed by atoms with van der Waals surface area (Å²) in [4.78, 5) is 4.39. The maximum absolute atomic E-state index is 9.29. The van der Waals surface area contributed by atoms with Gasteiger partial charge in [0.2, 0.25) is 11.7 Å². The molecule has 0 bridgehead atoms. The lowest BCUT2D eigenvalue weighted by atomic mass is 9.92. The Hall–Kier alpha value is -1.68. The third-order valence-corrected chi connectivity index (χ3v) is 2.58. The van der Waals surface area contributed by atoms with Crippen LogP contribution in [0.5, 0.6) is 0 Å². The van der Waals surface area contributed by atoms with E-state index in [2.05, 4.69) is 30.9 Å². The van der Waals surface area contributed by atoms with Gasteiger partial charge < -0.3 is 9.63 Å². The first-order valence-corrected chi connectivity index (χ1v) is 6.01. The normalized spacial score (nSPS) is 11.8. The Morgan fingerprint density at radius 3 is 2.61 bits per heavy atom. The molecular weight excluding hydrogens is 228 g/mol. The molecule has 0 saturated heterocycles. The zero-order chi connectivity index (χ0) is 13.2. The smallest absolute Gasteiger partial charge is 0.227 e. The molecule has 0 atom stereocenters. The third-order valence-electron chi connectivity index (χ3n) is 2.58. The maximum atomic E-state index is 9.29. The fourth-order valence-corrected chi connectivity index (χ4v) is 1.77. The van der Waals surface area contributed by atoms with Crippen LogP contribution >= 0.6 is 0 Å². The molecule has 1 aromatic carbocycles. The van der Waals surface area contributed by atoms with E-state index in [1.807, 2.05) is 24.3 Å². The van der Waals surface area contributed by atoms with Crippen molar-refractivity contribution in [2.75, 3.05) is 0 Å². The average molecular weight is 246 g/mol. The van der Waals surface area contributed by atoms with Crippen LogP contribution in [0, 0.1) is 5.41 Å². The zero-order valence-electron chi connectivity index (χ0n) is 11.0. The van der Waals surface area contributed by atoms with E-state index in [0.29, 0.717) is 11.7 Å². The molecule has 0 radical (unpaired) electrons. The van der Waals surface area contributed by atoms with Gasteiger partial charge in [0.15, 0.2) is 0 Å². The largest absolute Gasteiger partial charge is 0.392 e. The van der Waals surface area contributed by atoms with Crippen molar-refractivity contribution in [2.45, 2.75) is 33.8 Å². The lowest BCUT2D eigenvalue weighted by Crippen LogP contribution is -2.09. The second kappa shape index (κ2) is 4.90. The van der Waals surface area contributed by atoms with Crippen LogP contribution in [0.3, 0.4) is 0 Å². The molecular formula is C14H18N2O2. The Labute approximate surface area is 107 Å². The van der Waals surface area contributed by atoms with Crippen LogP contribution in [0.4, 0.5) is 0 Å². The quantitative estimate of drug-likeness (QED) is 0.904. The number of aromatic nitrogens is 2. The topological polar surface area (TPSA) is 59.2 Å². The highest BCUT2D eigenvalue weighted by atomic mass is 16.5. The SMILES string of the molecule is CC(C)(C)Cc1nc(-c2ccccc2CO)no1. The van der Waals surface area contributed by atoms with Crippen LogP contribution in [-0.2, 0) is 13.0 Å². The summed E-state index contributed by atoms with van der Waals surface area (Å²) in [6.07, 6.45) is 0.737. The highest BCUT2D eigenvalue weighted by Crippen LogP contribution is 2.24. The molecule has 2 rings (SSSR count). The molecule has 4 heteroatoms. The first-order chi connectivity index (χ1) is 8.49.